The van der Waals surface area contributed by atoms with Crippen LogP contribution in [-0.2, 0) is 4.79 Å². The average molecular weight is 341 g/mol. The summed E-state index contributed by atoms with van der Waals surface area (Å²) in [6.07, 6.45) is 1.36. The third kappa shape index (κ3) is 4.60. The summed E-state index contributed by atoms with van der Waals surface area (Å²) in [5, 5.41) is 11.8. The number of ether oxygens (including phenoxy) is 2. The monoisotopic (exact) mass is 341 g/mol. The van der Waals surface area contributed by atoms with Crippen LogP contribution in [0.1, 0.15) is 21.5 Å². The van der Waals surface area contributed by atoms with Gasteiger partial charge in [-0.3, -0.25) is 4.79 Å². The minimum absolute atomic E-state index is 0.238. The highest BCUT2D eigenvalue weighted by Crippen LogP contribution is 2.28. The Morgan fingerprint density at radius 2 is 1.64 bits per heavy atom. The van der Waals surface area contributed by atoms with E-state index in [1.54, 1.807) is 42.5 Å². The number of carbonyl (C=O) groups excluding carboxylic acids is 1. The van der Waals surface area contributed by atoms with E-state index in [4.69, 9.17) is 9.47 Å². The molecule has 0 radical (unpaired) electrons. The Balaban J connectivity index is 2.28. The predicted octanol–water partition coefficient (Wildman–Crippen LogP) is 2.87. The molecule has 0 saturated carbocycles. The molecule has 0 heterocycles. The molecule has 130 valence electrons. The first-order chi connectivity index (χ1) is 11.9. The minimum atomic E-state index is -1.24. The number of hydrogen-bond acceptors (Lipinski definition) is 4. The SMILES string of the molecule is COc1ccc(C=C(NC(=O)c2ccc(C)cc2)C(=O)O)cc1OC. The van der Waals surface area contributed by atoms with E-state index in [-0.39, 0.29) is 5.70 Å². The van der Waals surface area contributed by atoms with Gasteiger partial charge in [-0.25, -0.2) is 4.79 Å². The van der Waals surface area contributed by atoms with Crippen LogP contribution in [0.25, 0.3) is 6.08 Å². The molecule has 0 aromatic heterocycles. The zero-order chi connectivity index (χ0) is 18.4. The standard InChI is InChI=1S/C19H19NO5/c1-12-4-7-14(8-5-12)18(21)20-15(19(22)23)10-13-6-9-16(24-2)17(11-13)25-3/h4-11H,1-3H3,(H,20,21)(H,22,23). The van der Waals surface area contributed by atoms with Crippen LogP contribution in [0.5, 0.6) is 11.5 Å². The largest absolute Gasteiger partial charge is 0.493 e. The Hall–Kier alpha value is -3.28. The zero-order valence-corrected chi connectivity index (χ0v) is 14.2. The molecule has 0 bridgehead atoms. The van der Waals surface area contributed by atoms with Gasteiger partial charge < -0.3 is 19.9 Å². The predicted molar refractivity (Wildman–Crippen MR) is 93.8 cm³/mol. The van der Waals surface area contributed by atoms with Gasteiger partial charge in [0.15, 0.2) is 11.5 Å². The van der Waals surface area contributed by atoms with Crippen LogP contribution < -0.4 is 14.8 Å². The van der Waals surface area contributed by atoms with Gasteiger partial charge in [0.2, 0.25) is 0 Å². The molecule has 0 spiro atoms. The summed E-state index contributed by atoms with van der Waals surface area (Å²) in [7, 11) is 3.00. The summed E-state index contributed by atoms with van der Waals surface area (Å²) in [6.45, 7) is 1.90. The van der Waals surface area contributed by atoms with Gasteiger partial charge in [-0.1, -0.05) is 23.8 Å². The zero-order valence-electron chi connectivity index (χ0n) is 14.2. The summed E-state index contributed by atoms with van der Waals surface area (Å²) < 4.78 is 10.3. The van der Waals surface area contributed by atoms with Crippen molar-refractivity contribution in [3.63, 3.8) is 0 Å². The molecule has 2 N–H and O–H groups in total. The number of aliphatic carboxylic acids is 1. The molecule has 0 aliphatic carbocycles. The molecule has 2 aromatic rings. The van der Waals surface area contributed by atoms with E-state index in [0.717, 1.165) is 5.56 Å². The van der Waals surface area contributed by atoms with Crippen LogP contribution in [0.4, 0.5) is 0 Å². The van der Waals surface area contributed by atoms with E-state index >= 15 is 0 Å². The van der Waals surface area contributed by atoms with E-state index in [2.05, 4.69) is 5.32 Å². The van der Waals surface area contributed by atoms with Crippen molar-refractivity contribution in [2.45, 2.75) is 6.92 Å². The number of nitrogens with one attached hydrogen (secondary N) is 1. The first-order valence-electron chi connectivity index (χ1n) is 7.49. The molecule has 0 atom stereocenters. The number of rotatable bonds is 6. The Morgan fingerprint density at radius 3 is 2.20 bits per heavy atom. The van der Waals surface area contributed by atoms with Crippen molar-refractivity contribution < 1.29 is 24.2 Å². The molecule has 1 amide bonds. The third-order valence-corrected chi connectivity index (χ3v) is 3.51. The fourth-order valence-electron chi connectivity index (χ4n) is 2.16. The fraction of sp³-hybridized carbons (Fsp3) is 0.158. The Bertz CT molecular complexity index is 809. The van der Waals surface area contributed by atoms with Crippen molar-refractivity contribution in [1.29, 1.82) is 0 Å². The molecule has 0 unspecified atom stereocenters. The highest BCUT2D eigenvalue weighted by Gasteiger charge is 2.14. The topological polar surface area (TPSA) is 84.9 Å². The average Bonchev–Trinajstić information content (AvgIpc) is 2.61. The molecule has 25 heavy (non-hydrogen) atoms. The van der Waals surface area contributed by atoms with Crippen molar-refractivity contribution in [2.75, 3.05) is 14.2 Å². The van der Waals surface area contributed by atoms with Gasteiger partial charge in [-0.05, 0) is 42.8 Å². The second-order valence-corrected chi connectivity index (χ2v) is 5.30. The van der Waals surface area contributed by atoms with Crippen molar-refractivity contribution in [2.24, 2.45) is 0 Å². The maximum Gasteiger partial charge on any atom is 0.352 e. The normalized spacial score (nSPS) is 10.9. The first kappa shape index (κ1) is 18.1. The van der Waals surface area contributed by atoms with Crippen molar-refractivity contribution >= 4 is 18.0 Å². The summed E-state index contributed by atoms with van der Waals surface area (Å²) in [5.41, 5.74) is 1.71. The van der Waals surface area contributed by atoms with E-state index in [0.29, 0.717) is 22.6 Å². The lowest BCUT2D eigenvalue weighted by Crippen LogP contribution is -2.27. The minimum Gasteiger partial charge on any atom is -0.493 e. The van der Waals surface area contributed by atoms with Gasteiger partial charge in [0.05, 0.1) is 14.2 Å². The van der Waals surface area contributed by atoms with Gasteiger partial charge >= 0.3 is 5.97 Å². The summed E-state index contributed by atoms with van der Waals surface area (Å²) >= 11 is 0. The van der Waals surface area contributed by atoms with Gasteiger partial charge in [0.25, 0.3) is 5.91 Å². The number of aryl methyl sites for hydroxylation is 1. The maximum atomic E-state index is 12.2. The number of methoxy groups -OCH3 is 2. The number of carboxylic acid groups (broad SMARTS) is 1. The Labute approximate surface area is 145 Å². The summed E-state index contributed by atoms with van der Waals surface area (Å²) in [5.74, 6) is -0.740. The van der Waals surface area contributed by atoms with E-state index < -0.39 is 11.9 Å². The van der Waals surface area contributed by atoms with E-state index in [9.17, 15) is 14.7 Å². The third-order valence-electron chi connectivity index (χ3n) is 3.51. The second-order valence-electron chi connectivity index (χ2n) is 5.30. The Kier molecular flexibility index (Phi) is 5.79. The molecule has 2 rings (SSSR count). The van der Waals surface area contributed by atoms with Gasteiger partial charge in [0.1, 0.15) is 5.70 Å². The van der Waals surface area contributed by atoms with Gasteiger partial charge in [-0.15, -0.1) is 0 Å². The first-order valence-corrected chi connectivity index (χ1v) is 7.49. The van der Waals surface area contributed by atoms with Crippen LogP contribution >= 0.6 is 0 Å². The highest BCUT2D eigenvalue weighted by atomic mass is 16.5. The van der Waals surface area contributed by atoms with Crippen LogP contribution in [0.3, 0.4) is 0 Å². The molecule has 0 fully saturated rings. The summed E-state index contributed by atoms with van der Waals surface area (Å²) in [4.78, 5) is 23.7. The fourth-order valence-corrected chi connectivity index (χ4v) is 2.16. The van der Waals surface area contributed by atoms with Crippen LogP contribution in [0, 0.1) is 6.92 Å². The quantitative estimate of drug-likeness (QED) is 0.789. The van der Waals surface area contributed by atoms with E-state index in [1.165, 1.54) is 20.3 Å². The number of benzene rings is 2. The smallest absolute Gasteiger partial charge is 0.352 e. The molecule has 0 aliphatic rings. The maximum absolute atomic E-state index is 12.2. The molecular formula is C19H19NO5. The Morgan fingerprint density at radius 1 is 1.00 bits per heavy atom. The lowest BCUT2D eigenvalue weighted by Gasteiger charge is -2.09. The van der Waals surface area contributed by atoms with Crippen molar-refractivity contribution in [3.8, 4) is 11.5 Å². The van der Waals surface area contributed by atoms with Gasteiger partial charge in [0, 0.05) is 5.56 Å². The number of hydrogen-bond donors (Lipinski definition) is 2. The lowest BCUT2D eigenvalue weighted by molar-refractivity contribution is -0.132. The van der Waals surface area contributed by atoms with Gasteiger partial charge in [-0.2, -0.15) is 0 Å². The van der Waals surface area contributed by atoms with Crippen LogP contribution in [0.15, 0.2) is 48.2 Å². The molecule has 6 heteroatoms. The van der Waals surface area contributed by atoms with E-state index in [1.807, 2.05) is 6.92 Å². The number of carbonyl (C=O) groups is 2. The van der Waals surface area contributed by atoms with Crippen LogP contribution in [0.2, 0.25) is 0 Å². The van der Waals surface area contributed by atoms with Crippen molar-refractivity contribution in [1.82, 2.24) is 5.32 Å². The highest BCUT2D eigenvalue weighted by molar-refractivity contribution is 6.02. The molecule has 0 aliphatic heterocycles. The molecule has 2 aromatic carbocycles. The lowest BCUT2D eigenvalue weighted by atomic mass is 10.1. The van der Waals surface area contributed by atoms with Crippen LogP contribution in [-0.4, -0.2) is 31.2 Å². The number of carboxylic acids is 1. The van der Waals surface area contributed by atoms with Crippen molar-refractivity contribution in [3.05, 3.63) is 64.9 Å². The molecular weight excluding hydrogens is 322 g/mol. The molecule has 0 saturated heterocycles. The molecule has 6 nitrogen and oxygen atoms in total. The number of amides is 1. The summed E-state index contributed by atoms with van der Waals surface area (Å²) in [6, 6.07) is 11.8. The second kappa shape index (κ2) is 8.01.